The molecule has 1 unspecified atom stereocenters. The normalized spacial score (nSPS) is 33.0. The zero-order valence-electron chi connectivity index (χ0n) is 6.66. The molecule has 0 bridgehead atoms. The summed E-state index contributed by atoms with van der Waals surface area (Å²) in [5.74, 6) is 0. The lowest BCUT2D eigenvalue weighted by atomic mass is 9.91. The minimum Gasteiger partial charge on any atom is -0.381 e. The van der Waals surface area contributed by atoms with Crippen LogP contribution >= 0.6 is 0 Å². The molecule has 12 heavy (non-hydrogen) atoms. The standard InChI is InChI=1S/C7H12F3NO/c8-7(9,10)6(11)2-1-4-12-5-3-6/h1-5,11H2. The van der Waals surface area contributed by atoms with Crippen LogP contribution in [0.25, 0.3) is 0 Å². The Morgan fingerprint density at radius 2 is 1.83 bits per heavy atom. The summed E-state index contributed by atoms with van der Waals surface area (Å²) in [6.45, 7) is 0.491. The van der Waals surface area contributed by atoms with E-state index in [1.807, 2.05) is 0 Å². The van der Waals surface area contributed by atoms with Crippen molar-refractivity contribution in [2.75, 3.05) is 13.2 Å². The van der Waals surface area contributed by atoms with Crippen molar-refractivity contribution < 1.29 is 17.9 Å². The van der Waals surface area contributed by atoms with Gasteiger partial charge in [-0.2, -0.15) is 13.2 Å². The van der Waals surface area contributed by atoms with Crippen LogP contribution in [0.15, 0.2) is 0 Å². The molecule has 1 saturated heterocycles. The molecule has 72 valence electrons. The molecule has 5 heteroatoms. The Balaban J connectivity index is 2.67. The van der Waals surface area contributed by atoms with Crippen molar-refractivity contribution >= 4 is 0 Å². The van der Waals surface area contributed by atoms with Crippen LogP contribution in [0.1, 0.15) is 19.3 Å². The van der Waals surface area contributed by atoms with Crippen LogP contribution in [0, 0.1) is 0 Å². The first kappa shape index (κ1) is 9.80. The van der Waals surface area contributed by atoms with Crippen molar-refractivity contribution in [1.82, 2.24) is 0 Å². The summed E-state index contributed by atoms with van der Waals surface area (Å²) in [7, 11) is 0. The van der Waals surface area contributed by atoms with E-state index < -0.39 is 11.7 Å². The van der Waals surface area contributed by atoms with Gasteiger partial charge in [-0.05, 0) is 19.3 Å². The molecule has 0 spiro atoms. The number of ether oxygens (including phenoxy) is 1. The predicted octanol–water partition coefficient (Wildman–Crippen LogP) is 1.45. The largest absolute Gasteiger partial charge is 0.406 e. The van der Waals surface area contributed by atoms with E-state index in [1.165, 1.54) is 0 Å². The van der Waals surface area contributed by atoms with Gasteiger partial charge in [-0.3, -0.25) is 0 Å². The first-order valence-corrected chi connectivity index (χ1v) is 3.89. The predicted molar refractivity (Wildman–Crippen MR) is 37.6 cm³/mol. The summed E-state index contributed by atoms with van der Waals surface area (Å²) in [4.78, 5) is 0. The molecule has 2 N–H and O–H groups in total. The van der Waals surface area contributed by atoms with E-state index in [-0.39, 0.29) is 19.4 Å². The van der Waals surface area contributed by atoms with Crippen LogP contribution < -0.4 is 5.73 Å². The minimum absolute atomic E-state index is 0.0312. The van der Waals surface area contributed by atoms with Gasteiger partial charge >= 0.3 is 6.18 Å². The first-order chi connectivity index (χ1) is 5.46. The molecule has 0 aliphatic carbocycles. The molecule has 1 atom stereocenters. The Bertz CT molecular complexity index is 149. The van der Waals surface area contributed by atoms with Gasteiger partial charge in [0.25, 0.3) is 0 Å². The Labute approximate surface area is 68.9 Å². The fourth-order valence-corrected chi connectivity index (χ4v) is 1.25. The second-order valence-electron chi connectivity index (χ2n) is 3.12. The van der Waals surface area contributed by atoms with Gasteiger partial charge in [-0.1, -0.05) is 0 Å². The van der Waals surface area contributed by atoms with E-state index in [0.717, 1.165) is 0 Å². The van der Waals surface area contributed by atoms with E-state index in [4.69, 9.17) is 10.5 Å². The number of hydrogen-bond donors (Lipinski definition) is 1. The van der Waals surface area contributed by atoms with Gasteiger partial charge in [0, 0.05) is 13.2 Å². The highest BCUT2D eigenvalue weighted by Gasteiger charge is 2.51. The van der Waals surface area contributed by atoms with Crippen LogP contribution in [0.5, 0.6) is 0 Å². The van der Waals surface area contributed by atoms with Crippen molar-refractivity contribution in [2.24, 2.45) is 5.73 Å². The molecule has 1 rings (SSSR count). The smallest absolute Gasteiger partial charge is 0.381 e. The topological polar surface area (TPSA) is 35.2 Å². The lowest BCUT2D eigenvalue weighted by Gasteiger charge is -2.29. The van der Waals surface area contributed by atoms with Crippen molar-refractivity contribution in [3.63, 3.8) is 0 Å². The molecule has 0 aromatic carbocycles. The Morgan fingerprint density at radius 1 is 1.17 bits per heavy atom. The maximum Gasteiger partial charge on any atom is 0.406 e. The highest BCUT2D eigenvalue weighted by atomic mass is 19.4. The van der Waals surface area contributed by atoms with Crippen LogP contribution in [0.4, 0.5) is 13.2 Å². The van der Waals surface area contributed by atoms with E-state index >= 15 is 0 Å². The molecular weight excluding hydrogens is 171 g/mol. The van der Waals surface area contributed by atoms with E-state index in [9.17, 15) is 13.2 Å². The zero-order chi connectivity index (χ0) is 9.24. The quantitative estimate of drug-likeness (QED) is 0.616. The van der Waals surface area contributed by atoms with Crippen LogP contribution in [0.3, 0.4) is 0 Å². The Kier molecular flexibility index (Phi) is 2.63. The summed E-state index contributed by atoms with van der Waals surface area (Å²) >= 11 is 0. The van der Waals surface area contributed by atoms with Crippen molar-refractivity contribution in [3.8, 4) is 0 Å². The average molecular weight is 183 g/mol. The average Bonchev–Trinajstić information content (AvgIpc) is 2.12. The van der Waals surface area contributed by atoms with Gasteiger partial charge in [-0.25, -0.2) is 0 Å². The van der Waals surface area contributed by atoms with Gasteiger partial charge in [0.1, 0.15) is 5.54 Å². The third kappa shape index (κ3) is 1.90. The van der Waals surface area contributed by atoms with Gasteiger partial charge in [0.15, 0.2) is 0 Å². The van der Waals surface area contributed by atoms with Crippen molar-refractivity contribution in [1.29, 1.82) is 0 Å². The molecule has 0 amide bonds. The highest BCUT2D eigenvalue weighted by Crippen LogP contribution is 2.35. The Morgan fingerprint density at radius 3 is 2.42 bits per heavy atom. The lowest BCUT2D eigenvalue weighted by Crippen LogP contribution is -2.53. The molecule has 1 aliphatic heterocycles. The number of alkyl halides is 3. The molecule has 2 nitrogen and oxygen atoms in total. The molecule has 0 aromatic rings. The molecule has 0 radical (unpaired) electrons. The zero-order valence-corrected chi connectivity index (χ0v) is 6.66. The molecule has 1 heterocycles. The fourth-order valence-electron chi connectivity index (χ4n) is 1.25. The van der Waals surface area contributed by atoms with E-state index in [0.29, 0.717) is 13.0 Å². The second kappa shape index (κ2) is 3.22. The third-order valence-electron chi connectivity index (χ3n) is 2.17. The number of rotatable bonds is 0. The van der Waals surface area contributed by atoms with Crippen LogP contribution in [-0.2, 0) is 4.74 Å². The summed E-state index contributed by atoms with van der Waals surface area (Å²) in [5, 5.41) is 0. The molecule has 0 aromatic heterocycles. The number of nitrogens with two attached hydrogens (primary N) is 1. The third-order valence-corrected chi connectivity index (χ3v) is 2.17. The van der Waals surface area contributed by atoms with Crippen LogP contribution in [-0.4, -0.2) is 24.9 Å². The van der Waals surface area contributed by atoms with Crippen LogP contribution in [0.2, 0.25) is 0 Å². The van der Waals surface area contributed by atoms with Gasteiger partial charge in [0.05, 0.1) is 0 Å². The maximum absolute atomic E-state index is 12.3. The van der Waals surface area contributed by atoms with E-state index in [2.05, 4.69) is 0 Å². The summed E-state index contributed by atoms with van der Waals surface area (Å²) < 4.78 is 41.9. The highest BCUT2D eigenvalue weighted by molar-refractivity contribution is 4.92. The Hall–Kier alpha value is -0.290. The summed E-state index contributed by atoms with van der Waals surface area (Å²) in [6.07, 6.45) is -4.08. The van der Waals surface area contributed by atoms with Gasteiger partial charge < -0.3 is 10.5 Å². The SMILES string of the molecule is NC1(C(F)(F)F)CCCOCC1. The molecule has 1 fully saturated rings. The summed E-state index contributed by atoms with van der Waals surface area (Å²) in [6, 6.07) is 0. The lowest BCUT2D eigenvalue weighted by molar-refractivity contribution is -0.189. The first-order valence-electron chi connectivity index (χ1n) is 3.89. The number of halogens is 3. The van der Waals surface area contributed by atoms with E-state index in [1.54, 1.807) is 0 Å². The van der Waals surface area contributed by atoms with Crippen molar-refractivity contribution in [2.45, 2.75) is 31.0 Å². The maximum atomic E-state index is 12.3. The minimum atomic E-state index is -4.30. The van der Waals surface area contributed by atoms with Crippen molar-refractivity contribution in [3.05, 3.63) is 0 Å². The molecular formula is C7H12F3NO. The second-order valence-corrected chi connectivity index (χ2v) is 3.12. The molecule has 0 saturated carbocycles. The molecule has 1 aliphatic rings. The fraction of sp³-hybridized carbons (Fsp3) is 1.00. The number of hydrogen-bond acceptors (Lipinski definition) is 2. The monoisotopic (exact) mass is 183 g/mol. The van der Waals surface area contributed by atoms with Gasteiger partial charge in [0.2, 0.25) is 0 Å². The van der Waals surface area contributed by atoms with Gasteiger partial charge in [-0.15, -0.1) is 0 Å². The summed E-state index contributed by atoms with van der Waals surface area (Å²) in [5.41, 5.74) is 3.21.